The number of hydrogen-bond donors (Lipinski definition) is 1. The van der Waals surface area contributed by atoms with Gasteiger partial charge in [-0.1, -0.05) is 42.2 Å². The quantitative estimate of drug-likeness (QED) is 0.705. The Balaban J connectivity index is 1.86. The average Bonchev–Trinajstić information content (AvgIpc) is 2.67. The number of phenols is 1. The molecule has 2 aromatic carbocycles. The Labute approximate surface area is 167 Å². The molecular weight excluding hydrogens is 342 g/mol. The molecule has 2 heteroatoms. The monoisotopic (exact) mass is 365 g/mol. The molecule has 2 aromatic rings. The highest BCUT2D eigenvalue weighted by Crippen LogP contribution is 2.19. The predicted octanol–water partition coefficient (Wildman–Crippen LogP) is 5.74. The zero-order valence-corrected chi connectivity index (χ0v) is 16.1. The SMILES string of the molecule is Cc1cc(O)ccc1C#Cc1ccc(C#N)cc1CCC1=C/C=C\CC/C=C\1. The van der Waals surface area contributed by atoms with Gasteiger partial charge in [-0.25, -0.2) is 0 Å². The van der Waals surface area contributed by atoms with Crippen LogP contribution in [0.1, 0.15) is 47.1 Å². The van der Waals surface area contributed by atoms with Gasteiger partial charge < -0.3 is 5.11 Å². The normalized spacial score (nSPS) is 17.1. The second-order valence-electron chi connectivity index (χ2n) is 6.88. The molecule has 0 amide bonds. The molecule has 0 spiro atoms. The van der Waals surface area contributed by atoms with Crippen LogP contribution in [0, 0.1) is 30.1 Å². The Kier molecular flexibility index (Phi) is 6.50. The number of nitriles is 1. The summed E-state index contributed by atoms with van der Waals surface area (Å²) in [4.78, 5) is 0. The highest BCUT2D eigenvalue weighted by Gasteiger charge is 2.05. The Hall–Kier alpha value is -3.49. The smallest absolute Gasteiger partial charge is 0.115 e. The lowest BCUT2D eigenvalue weighted by molar-refractivity contribution is 0.475. The van der Waals surface area contributed by atoms with Gasteiger partial charge in [-0.05, 0) is 85.7 Å². The fourth-order valence-electron chi connectivity index (χ4n) is 3.13. The zero-order valence-electron chi connectivity index (χ0n) is 16.1. The van der Waals surface area contributed by atoms with Gasteiger partial charge >= 0.3 is 0 Å². The van der Waals surface area contributed by atoms with Crippen LogP contribution in [0.25, 0.3) is 0 Å². The van der Waals surface area contributed by atoms with E-state index in [1.54, 1.807) is 12.1 Å². The van der Waals surface area contributed by atoms with Gasteiger partial charge in [-0.15, -0.1) is 0 Å². The fraction of sp³-hybridized carbons (Fsp3) is 0.192. The number of aryl methyl sites for hydroxylation is 2. The molecule has 0 unspecified atom stereocenters. The van der Waals surface area contributed by atoms with Crippen molar-refractivity contribution in [2.75, 3.05) is 0 Å². The topological polar surface area (TPSA) is 44.0 Å². The van der Waals surface area contributed by atoms with Crippen molar-refractivity contribution < 1.29 is 5.11 Å². The molecule has 0 atom stereocenters. The predicted molar refractivity (Wildman–Crippen MR) is 114 cm³/mol. The van der Waals surface area contributed by atoms with Crippen molar-refractivity contribution in [3.05, 3.63) is 100 Å². The molecule has 28 heavy (non-hydrogen) atoms. The van der Waals surface area contributed by atoms with E-state index in [0.717, 1.165) is 47.9 Å². The van der Waals surface area contributed by atoms with Crippen molar-refractivity contribution >= 4 is 0 Å². The minimum absolute atomic E-state index is 0.247. The van der Waals surface area contributed by atoms with Gasteiger partial charge in [0.2, 0.25) is 0 Å². The molecule has 3 rings (SSSR count). The highest BCUT2D eigenvalue weighted by molar-refractivity contribution is 5.52. The molecule has 0 saturated heterocycles. The number of phenolic OH excluding ortho intramolecular Hbond substituents is 1. The molecule has 1 aliphatic rings. The molecule has 1 N–H and O–H groups in total. The molecule has 2 nitrogen and oxygen atoms in total. The minimum atomic E-state index is 0.247. The van der Waals surface area contributed by atoms with Crippen LogP contribution in [-0.4, -0.2) is 5.11 Å². The van der Waals surface area contributed by atoms with E-state index < -0.39 is 0 Å². The number of benzene rings is 2. The van der Waals surface area contributed by atoms with Crippen LogP contribution >= 0.6 is 0 Å². The van der Waals surface area contributed by atoms with E-state index in [9.17, 15) is 10.4 Å². The maximum Gasteiger partial charge on any atom is 0.115 e. The van der Waals surface area contributed by atoms with E-state index >= 15 is 0 Å². The fourth-order valence-corrected chi connectivity index (χ4v) is 3.13. The van der Waals surface area contributed by atoms with Gasteiger partial charge in [-0.3, -0.25) is 0 Å². The molecule has 0 radical (unpaired) electrons. The van der Waals surface area contributed by atoms with Gasteiger partial charge in [0.05, 0.1) is 11.6 Å². The summed E-state index contributed by atoms with van der Waals surface area (Å²) in [6.07, 6.45) is 14.8. The minimum Gasteiger partial charge on any atom is -0.508 e. The molecule has 0 bridgehead atoms. The molecule has 0 aliphatic heterocycles. The largest absolute Gasteiger partial charge is 0.508 e. The van der Waals surface area contributed by atoms with Crippen LogP contribution in [0.4, 0.5) is 0 Å². The van der Waals surface area contributed by atoms with Crippen molar-refractivity contribution in [1.82, 2.24) is 0 Å². The summed E-state index contributed by atoms with van der Waals surface area (Å²) in [6.45, 7) is 1.93. The summed E-state index contributed by atoms with van der Waals surface area (Å²) in [5, 5.41) is 18.8. The first-order valence-corrected chi connectivity index (χ1v) is 9.52. The Bertz CT molecular complexity index is 1050. The summed E-state index contributed by atoms with van der Waals surface area (Å²) >= 11 is 0. The lowest BCUT2D eigenvalue weighted by atomic mass is 9.96. The zero-order chi connectivity index (χ0) is 19.8. The van der Waals surface area contributed by atoms with Crippen LogP contribution in [0.15, 0.2) is 72.4 Å². The standard InChI is InChI=1S/C26H23NO/c1-20-17-26(28)16-15-23(20)13-14-24-11-10-22(19-27)18-25(24)12-9-21-7-5-3-2-4-6-8-21/h3,5-8,10-11,15-18,28H,2,4,9,12H2,1H3/b5-3-,8-6-,21-7+. The van der Waals surface area contributed by atoms with Crippen molar-refractivity contribution in [2.24, 2.45) is 0 Å². The highest BCUT2D eigenvalue weighted by atomic mass is 16.3. The van der Waals surface area contributed by atoms with E-state index in [-0.39, 0.29) is 5.75 Å². The van der Waals surface area contributed by atoms with E-state index in [1.807, 2.05) is 31.2 Å². The van der Waals surface area contributed by atoms with Gasteiger partial charge in [0.15, 0.2) is 0 Å². The van der Waals surface area contributed by atoms with E-state index in [1.165, 1.54) is 5.57 Å². The Morgan fingerprint density at radius 2 is 1.75 bits per heavy atom. The van der Waals surface area contributed by atoms with Gasteiger partial charge in [0.1, 0.15) is 5.75 Å². The van der Waals surface area contributed by atoms with E-state index in [4.69, 9.17) is 0 Å². The lowest BCUT2D eigenvalue weighted by Crippen LogP contribution is -1.94. The third-order valence-corrected chi connectivity index (χ3v) is 4.74. The van der Waals surface area contributed by atoms with Crippen molar-refractivity contribution in [2.45, 2.75) is 32.6 Å². The Morgan fingerprint density at radius 3 is 2.57 bits per heavy atom. The first-order chi connectivity index (χ1) is 13.7. The first-order valence-electron chi connectivity index (χ1n) is 9.52. The maximum absolute atomic E-state index is 9.56. The Morgan fingerprint density at radius 1 is 0.964 bits per heavy atom. The van der Waals surface area contributed by atoms with Crippen LogP contribution in [0.3, 0.4) is 0 Å². The number of hydrogen-bond acceptors (Lipinski definition) is 2. The summed E-state index contributed by atoms with van der Waals surface area (Å²) in [7, 11) is 0. The van der Waals surface area contributed by atoms with Crippen LogP contribution in [0.5, 0.6) is 5.75 Å². The van der Waals surface area contributed by atoms with Gasteiger partial charge in [0, 0.05) is 11.1 Å². The molecule has 0 heterocycles. The van der Waals surface area contributed by atoms with Gasteiger partial charge in [0.25, 0.3) is 0 Å². The molecular formula is C26H23NO. The first kappa shape index (κ1) is 19.3. The van der Waals surface area contributed by atoms with Crippen LogP contribution < -0.4 is 0 Å². The summed E-state index contributed by atoms with van der Waals surface area (Å²) in [6, 6.07) is 13.1. The molecule has 1 aliphatic carbocycles. The number of allylic oxidation sites excluding steroid dienone is 6. The molecule has 0 aromatic heterocycles. The second-order valence-corrected chi connectivity index (χ2v) is 6.88. The van der Waals surface area contributed by atoms with Crippen molar-refractivity contribution in [3.8, 4) is 23.7 Å². The lowest BCUT2D eigenvalue weighted by Gasteiger charge is -2.07. The summed E-state index contributed by atoms with van der Waals surface area (Å²) < 4.78 is 0. The maximum atomic E-state index is 9.56. The third-order valence-electron chi connectivity index (χ3n) is 4.74. The number of rotatable bonds is 3. The summed E-state index contributed by atoms with van der Waals surface area (Å²) in [5.41, 5.74) is 5.80. The van der Waals surface area contributed by atoms with Crippen LogP contribution in [0.2, 0.25) is 0 Å². The second kappa shape index (κ2) is 9.45. The van der Waals surface area contributed by atoms with Crippen molar-refractivity contribution in [1.29, 1.82) is 5.26 Å². The number of nitrogens with zero attached hydrogens (tertiary/aromatic N) is 1. The molecule has 0 fully saturated rings. The van der Waals surface area contributed by atoms with Crippen molar-refractivity contribution in [3.63, 3.8) is 0 Å². The number of aromatic hydroxyl groups is 1. The van der Waals surface area contributed by atoms with Gasteiger partial charge in [-0.2, -0.15) is 5.26 Å². The molecule has 0 saturated carbocycles. The third kappa shape index (κ3) is 5.26. The van der Waals surface area contributed by atoms with E-state index in [2.05, 4.69) is 48.3 Å². The molecule has 138 valence electrons. The van der Waals surface area contributed by atoms with Crippen LogP contribution in [-0.2, 0) is 6.42 Å². The summed E-state index contributed by atoms with van der Waals surface area (Å²) in [5.74, 6) is 6.71. The average molecular weight is 365 g/mol. The van der Waals surface area contributed by atoms with E-state index in [0.29, 0.717) is 5.56 Å².